The number of methoxy groups -OCH3 is 1. The number of amides is 2. The number of ether oxygens (including phenoxy) is 1. The van der Waals surface area contributed by atoms with Gasteiger partial charge in [0.15, 0.2) is 0 Å². The molecule has 2 N–H and O–H groups in total. The molecule has 0 radical (unpaired) electrons. The van der Waals surface area contributed by atoms with Crippen LogP contribution in [0.5, 0.6) is 0 Å². The van der Waals surface area contributed by atoms with Gasteiger partial charge in [-0.2, -0.15) is 0 Å². The van der Waals surface area contributed by atoms with Gasteiger partial charge in [0.1, 0.15) is 11.9 Å². The van der Waals surface area contributed by atoms with Crippen LogP contribution in [-0.4, -0.2) is 64.9 Å². The fourth-order valence-corrected chi connectivity index (χ4v) is 3.80. The molecule has 30 heavy (non-hydrogen) atoms. The predicted octanol–water partition coefficient (Wildman–Crippen LogP) is 1.75. The molecule has 0 bridgehead atoms. The van der Waals surface area contributed by atoms with E-state index >= 15 is 0 Å². The number of aromatic nitrogens is 2. The first-order chi connectivity index (χ1) is 14.0. The SMILES string of the molecule is COC(=O)N[C@H](C(=O)N1CCC[C@H]1c1ncc(B2OC(C)(C)C(C)(C)O2)[nH]1)C(C)C. The predicted molar refractivity (Wildman–Crippen MR) is 112 cm³/mol. The van der Waals surface area contributed by atoms with Crippen LogP contribution in [0.25, 0.3) is 0 Å². The van der Waals surface area contributed by atoms with E-state index in [1.807, 2.05) is 41.5 Å². The van der Waals surface area contributed by atoms with Crippen molar-refractivity contribution in [1.82, 2.24) is 20.2 Å². The molecular weight excluding hydrogens is 387 g/mol. The molecule has 3 rings (SSSR count). The van der Waals surface area contributed by atoms with E-state index in [4.69, 9.17) is 9.31 Å². The van der Waals surface area contributed by atoms with Crippen molar-refractivity contribution in [3.63, 3.8) is 0 Å². The molecule has 2 aliphatic rings. The Kier molecular flexibility index (Phi) is 6.20. The first-order valence-corrected chi connectivity index (χ1v) is 10.5. The largest absolute Gasteiger partial charge is 0.513 e. The molecule has 9 nitrogen and oxygen atoms in total. The highest BCUT2D eigenvalue weighted by Crippen LogP contribution is 2.37. The van der Waals surface area contributed by atoms with Gasteiger partial charge in [0.2, 0.25) is 5.91 Å². The van der Waals surface area contributed by atoms with E-state index in [1.165, 1.54) is 7.11 Å². The lowest BCUT2D eigenvalue weighted by Crippen LogP contribution is -2.51. The van der Waals surface area contributed by atoms with Crippen molar-refractivity contribution in [2.24, 2.45) is 5.92 Å². The second-order valence-corrected chi connectivity index (χ2v) is 9.36. The Hall–Kier alpha value is -2.07. The Bertz CT molecular complexity index is 778. The Balaban J connectivity index is 1.76. The average Bonchev–Trinajstić information content (AvgIpc) is 3.36. The fourth-order valence-electron chi connectivity index (χ4n) is 3.80. The summed E-state index contributed by atoms with van der Waals surface area (Å²) in [7, 11) is 0.752. The van der Waals surface area contributed by atoms with Crippen molar-refractivity contribution in [3.05, 3.63) is 12.0 Å². The molecule has 3 heterocycles. The van der Waals surface area contributed by atoms with Gasteiger partial charge < -0.3 is 29.2 Å². The maximum atomic E-state index is 13.2. The highest BCUT2D eigenvalue weighted by atomic mass is 16.7. The number of hydrogen-bond donors (Lipinski definition) is 2. The summed E-state index contributed by atoms with van der Waals surface area (Å²) in [4.78, 5) is 34.5. The monoisotopic (exact) mass is 420 g/mol. The Morgan fingerprint density at radius 3 is 2.50 bits per heavy atom. The molecule has 2 atom stereocenters. The van der Waals surface area contributed by atoms with E-state index in [2.05, 4.69) is 20.0 Å². The summed E-state index contributed by atoms with van der Waals surface area (Å²) in [6.45, 7) is 12.4. The van der Waals surface area contributed by atoms with Crippen molar-refractivity contribution in [2.45, 2.75) is 77.7 Å². The minimum absolute atomic E-state index is 0.0743. The topological polar surface area (TPSA) is 106 Å². The molecule has 2 aliphatic heterocycles. The minimum atomic E-state index is -0.657. The number of hydrogen-bond acceptors (Lipinski definition) is 6. The summed E-state index contributed by atoms with van der Waals surface area (Å²) in [6.07, 6.45) is 2.76. The number of aromatic amines is 1. The van der Waals surface area contributed by atoms with Crippen molar-refractivity contribution in [1.29, 1.82) is 0 Å². The number of nitrogens with zero attached hydrogens (tertiary/aromatic N) is 2. The second kappa shape index (κ2) is 8.22. The number of imidazole rings is 1. The zero-order valence-corrected chi connectivity index (χ0v) is 18.9. The van der Waals surface area contributed by atoms with E-state index in [-0.39, 0.29) is 17.9 Å². The first kappa shape index (κ1) is 22.6. The smallest absolute Gasteiger partial charge is 0.453 e. The van der Waals surface area contributed by atoms with Gasteiger partial charge in [0.25, 0.3) is 0 Å². The number of rotatable bonds is 5. The van der Waals surface area contributed by atoms with E-state index in [9.17, 15) is 9.59 Å². The summed E-state index contributed by atoms with van der Waals surface area (Å²) in [6, 6.07) is -0.843. The molecular formula is C20H33BN4O5. The van der Waals surface area contributed by atoms with E-state index < -0.39 is 30.5 Å². The van der Waals surface area contributed by atoms with E-state index in [1.54, 1.807) is 11.1 Å². The first-order valence-electron chi connectivity index (χ1n) is 10.5. The number of H-pyrrole nitrogens is 1. The zero-order chi connectivity index (χ0) is 22.3. The summed E-state index contributed by atoms with van der Waals surface area (Å²) in [5, 5.41) is 2.66. The van der Waals surface area contributed by atoms with E-state index in [0.717, 1.165) is 18.4 Å². The molecule has 0 aliphatic carbocycles. The third-order valence-corrected chi connectivity index (χ3v) is 6.37. The third kappa shape index (κ3) is 4.20. The van der Waals surface area contributed by atoms with Gasteiger partial charge in [0.05, 0.1) is 29.9 Å². The van der Waals surface area contributed by atoms with E-state index in [0.29, 0.717) is 12.4 Å². The van der Waals surface area contributed by atoms with Crippen LogP contribution < -0.4 is 10.9 Å². The van der Waals surface area contributed by atoms with Crippen molar-refractivity contribution < 1.29 is 23.6 Å². The lowest BCUT2D eigenvalue weighted by molar-refractivity contribution is -0.135. The third-order valence-electron chi connectivity index (χ3n) is 6.37. The molecule has 0 aromatic carbocycles. The van der Waals surface area contributed by atoms with Crippen LogP contribution in [-0.2, 0) is 18.8 Å². The van der Waals surface area contributed by atoms with Gasteiger partial charge in [-0.15, -0.1) is 0 Å². The number of alkyl carbamates (subject to hydrolysis) is 1. The number of carbonyl (C=O) groups is 2. The van der Waals surface area contributed by atoms with Gasteiger partial charge in [0, 0.05) is 12.7 Å². The van der Waals surface area contributed by atoms with Gasteiger partial charge in [-0.1, -0.05) is 13.8 Å². The van der Waals surface area contributed by atoms with Crippen LogP contribution in [0.3, 0.4) is 0 Å². The molecule has 2 fully saturated rings. The Morgan fingerprint density at radius 1 is 1.30 bits per heavy atom. The summed E-state index contributed by atoms with van der Waals surface area (Å²) >= 11 is 0. The molecule has 0 saturated carbocycles. The van der Waals surface area contributed by atoms with Crippen molar-refractivity contribution in [3.8, 4) is 0 Å². The maximum Gasteiger partial charge on any atom is 0.513 e. The molecule has 2 amide bonds. The lowest BCUT2D eigenvalue weighted by Gasteiger charge is -2.32. The molecule has 0 unspecified atom stereocenters. The number of carbonyl (C=O) groups excluding carboxylic acids is 2. The zero-order valence-electron chi connectivity index (χ0n) is 18.9. The average molecular weight is 420 g/mol. The molecule has 1 aromatic rings. The summed E-state index contributed by atoms with van der Waals surface area (Å²) in [5.41, 5.74) is -0.152. The molecule has 1 aromatic heterocycles. The normalized spacial score (nSPS) is 23.7. The Morgan fingerprint density at radius 2 is 1.93 bits per heavy atom. The molecule has 2 saturated heterocycles. The van der Waals surface area contributed by atoms with Crippen molar-refractivity contribution in [2.75, 3.05) is 13.7 Å². The van der Waals surface area contributed by atoms with Gasteiger partial charge in [-0.3, -0.25) is 4.79 Å². The fraction of sp³-hybridized carbons (Fsp3) is 0.750. The molecule has 10 heteroatoms. The van der Waals surface area contributed by atoms with Crippen LogP contribution in [0.15, 0.2) is 6.20 Å². The standard InChI is InChI=1S/C20H33BN4O5/c1-12(2)15(24-18(27)28-7)17(26)25-10-8-9-13(25)16-22-11-14(23-16)21-29-19(3,4)20(5,6)30-21/h11-13,15H,8-10H2,1-7H3,(H,22,23)(H,24,27)/t13-,15-/m0/s1. The Labute approximate surface area is 178 Å². The van der Waals surface area contributed by atoms with Crippen LogP contribution in [0.4, 0.5) is 4.79 Å². The number of likely N-dealkylation sites (tertiary alicyclic amines) is 1. The number of nitrogens with one attached hydrogen (secondary N) is 2. The molecule has 166 valence electrons. The van der Waals surface area contributed by atoms with Crippen LogP contribution in [0.1, 0.15) is 66.3 Å². The molecule has 0 spiro atoms. The van der Waals surface area contributed by atoms with Gasteiger partial charge in [-0.25, -0.2) is 9.78 Å². The second-order valence-electron chi connectivity index (χ2n) is 9.36. The lowest BCUT2D eigenvalue weighted by atomic mass is 9.86. The van der Waals surface area contributed by atoms with Crippen LogP contribution >= 0.6 is 0 Å². The minimum Gasteiger partial charge on any atom is -0.453 e. The van der Waals surface area contributed by atoms with Gasteiger partial charge in [-0.05, 0) is 46.5 Å². The summed E-state index contributed by atoms with van der Waals surface area (Å²) < 4.78 is 16.9. The highest BCUT2D eigenvalue weighted by molar-refractivity contribution is 6.61. The van der Waals surface area contributed by atoms with Gasteiger partial charge >= 0.3 is 13.2 Å². The highest BCUT2D eigenvalue weighted by Gasteiger charge is 2.52. The summed E-state index contributed by atoms with van der Waals surface area (Å²) in [5.74, 6) is 0.493. The quantitative estimate of drug-likeness (QED) is 0.704. The van der Waals surface area contributed by atoms with Crippen LogP contribution in [0.2, 0.25) is 0 Å². The van der Waals surface area contributed by atoms with Crippen LogP contribution in [0, 0.1) is 5.92 Å². The maximum absolute atomic E-state index is 13.2. The van der Waals surface area contributed by atoms with Crippen molar-refractivity contribution >= 4 is 24.7 Å².